The standard InChI is InChI=1S/C25H43ClN4O3S/c1-20(2)34(32,33)24-22-23(28-25(26)29-24)27-21(3)30(22)18-16-14-12-10-8-6-4-5-7-9-11-13-15-17-19-31/h20,31H,4-19H2,1-3H3. The minimum atomic E-state index is -3.60. The van der Waals surface area contributed by atoms with Crippen molar-refractivity contribution in [1.29, 1.82) is 0 Å². The van der Waals surface area contributed by atoms with Crippen LogP contribution in [0.1, 0.15) is 110 Å². The van der Waals surface area contributed by atoms with Gasteiger partial charge < -0.3 is 9.67 Å². The Labute approximate surface area is 210 Å². The van der Waals surface area contributed by atoms with Gasteiger partial charge in [-0.1, -0.05) is 77.0 Å². The Morgan fingerprint density at radius 1 is 0.794 bits per heavy atom. The normalized spacial score (nSPS) is 12.3. The number of hydrogen-bond acceptors (Lipinski definition) is 6. The van der Waals surface area contributed by atoms with Crippen molar-refractivity contribution in [3.8, 4) is 0 Å². The van der Waals surface area contributed by atoms with Crippen molar-refractivity contribution in [2.24, 2.45) is 0 Å². The summed E-state index contributed by atoms with van der Waals surface area (Å²) in [6.07, 6.45) is 17.1. The minimum absolute atomic E-state index is 0.0109. The van der Waals surface area contributed by atoms with Crippen LogP contribution in [0.3, 0.4) is 0 Å². The van der Waals surface area contributed by atoms with E-state index in [0.29, 0.717) is 24.3 Å². The Hall–Kier alpha value is -1.25. The smallest absolute Gasteiger partial charge is 0.225 e. The molecule has 34 heavy (non-hydrogen) atoms. The third-order valence-corrected chi connectivity index (χ3v) is 8.65. The van der Waals surface area contributed by atoms with Crippen molar-refractivity contribution in [2.75, 3.05) is 6.61 Å². The van der Waals surface area contributed by atoms with Gasteiger partial charge in [-0.3, -0.25) is 0 Å². The monoisotopic (exact) mass is 514 g/mol. The first-order valence-electron chi connectivity index (χ1n) is 13.0. The summed E-state index contributed by atoms with van der Waals surface area (Å²) in [5, 5.41) is 8.08. The summed E-state index contributed by atoms with van der Waals surface area (Å²) in [6.45, 7) is 6.19. The van der Waals surface area contributed by atoms with E-state index in [1.54, 1.807) is 13.8 Å². The molecule has 0 spiro atoms. The zero-order chi connectivity index (χ0) is 25.0. The van der Waals surface area contributed by atoms with E-state index < -0.39 is 15.1 Å². The molecule has 9 heteroatoms. The van der Waals surface area contributed by atoms with E-state index in [0.717, 1.165) is 31.5 Å². The molecule has 0 radical (unpaired) electrons. The summed E-state index contributed by atoms with van der Waals surface area (Å²) in [4.78, 5) is 12.7. The molecule has 0 saturated heterocycles. The Morgan fingerprint density at radius 2 is 1.26 bits per heavy atom. The molecule has 0 aromatic carbocycles. The molecule has 0 aliphatic carbocycles. The molecule has 2 rings (SSSR count). The molecule has 0 aliphatic rings. The molecule has 0 atom stereocenters. The number of unbranched alkanes of at least 4 members (excludes halogenated alkanes) is 13. The molecule has 0 fully saturated rings. The average molecular weight is 515 g/mol. The number of aliphatic hydroxyl groups excluding tert-OH is 1. The van der Waals surface area contributed by atoms with Gasteiger partial charge in [0, 0.05) is 13.2 Å². The van der Waals surface area contributed by atoms with Gasteiger partial charge in [0.2, 0.25) is 5.28 Å². The van der Waals surface area contributed by atoms with Crippen molar-refractivity contribution >= 4 is 32.6 Å². The molecule has 194 valence electrons. The number of imidazole rings is 1. The quantitative estimate of drug-likeness (QED) is 0.140. The first-order valence-corrected chi connectivity index (χ1v) is 15.0. The van der Waals surface area contributed by atoms with Crippen LogP contribution in [-0.2, 0) is 16.4 Å². The summed E-state index contributed by atoms with van der Waals surface area (Å²) in [5.41, 5.74) is 0.825. The van der Waals surface area contributed by atoms with Crippen LogP contribution in [0.5, 0.6) is 0 Å². The number of aliphatic hydroxyl groups is 1. The SMILES string of the molecule is Cc1nc2nc(Cl)nc(S(=O)(=O)C(C)C)c2n1CCCCCCCCCCCCCCCCO. The molecule has 2 aromatic heterocycles. The van der Waals surface area contributed by atoms with Crippen LogP contribution in [0.15, 0.2) is 5.03 Å². The highest BCUT2D eigenvalue weighted by molar-refractivity contribution is 7.92. The maximum absolute atomic E-state index is 12.9. The second-order valence-corrected chi connectivity index (χ2v) is 12.3. The molecule has 2 heterocycles. The fourth-order valence-electron chi connectivity index (χ4n) is 4.29. The third kappa shape index (κ3) is 8.76. The lowest BCUT2D eigenvalue weighted by atomic mass is 10.0. The molecule has 0 unspecified atom stereocenters. The maximum atomic E-state index is 12.9. The van der Waals surface area contributed by atoms with E-state index in [2.05, 4.69) is 15.0 Å². The third-order valence-electron chi connectivity index (χ3n) is 6.41. The fraction of sp³-hybridized carbons (Fsp3) is 0.800. The van der Waals surface area contributed by atoms with Crippen LogP contribution >= 0.6 is 11.6 Å². The largest absolute Gasteiger partial charge is 0.396 e. The van der Waals surface area contributed by atoms with Gasteiger partial charge in [-0.05, 0) is 45.2 Å². The number of nitrogens with zero attached hydrogens (tertiary/aromatic N) is 4. The summed E-state index contributed by atoms with van der Waals surface area (Å²) < 4.78 is 27.7. The van der Waals surface area contributed by atoms with Gasteiger partial charge in [0.05, 0.1) is 5.25 Å². The zero-order valence-corrected chi connectivity index (χ0v) is 22.8. The number of halogens is 1. The van der Waals surface area contributed by atoms with Crippen molar-refractivity contribution < 1.29 is 13.5 Å². The van der Waals surface area contributed by atoms with Gasteiger partial charge in [-0.25, -0.2) is 18.4 Å². The van der Waals surface area contributed by atoms with Gasteiger partial charge in [-0.15, -0.1) is 0 Å². The summed E-state index contributed by atoms with van der Waals surface area (Å²) in [7, 11) is -3.60. The highest BCUT2D eigenvalue weighted by Crippen LogP contribution is 2.26. The van der Waals surface area contributed by atoms with Crippen molar-refractivity contribution in [1.82, 2.24) is 19.5 Å². The Balaban J connectivity index is 1.71. The lowest BCUT2D eigenvalue weighted by Crippen LogP contribution is -2.18. The number of sulfone groups is 1. The number of fused-ring (bicyclic) bond motifs is 1. The number of aromatic nitrogens is 4. The van der Waals surface area contributed by atoms with Crippen LogP contribution < -0.4 is 0 Å². The lowest BCUT2D eigenvalue weighted by molar-refractivity contribution is 0.282. The van der Waals surface area contributed by atoms with Crippen LogP contribution in [0, 0.1) is 6.92 Å². The van der Waals surface area contributed by atoms with E-state index in [4.69, 9.17) is 16.7 Å². The predicted molar refractivity (Wildman–Crippen MR) is 139 cm³/mol. The number of hydrogen-bond donors (Lipinski definition) is 1. The average Bonchev–Trinajstić information content (AvgIpc) is 3.10. The van der Waals surface area contributed by atoms with E-state index in [1.165, 1.54) is 64.2 Å². The molecule has 0 amide bonds. The highest BCUT2D eigenvalue weighted by atomic mass is 35.5. The van der Waals surface area contributed by atoms with Crippen LogP contribution in [0.4, 0.5) is 0 Å². The first kappa shape index (κ1) is 29.0. The molecular formula is C25H43ClN4O3S. The Bertz CT molecular complexity index is 976. The second kappa shape index (κ2) is 15.0. The maximum Gasteiger partial charge on any atom is 0.225 e. The number of aryl methyl sites for hydroxylation is 2. The van der Waals surface area contributed by atoms with Crippen molar-refractivity contribution in [3.05, 3.63) is 11.1 Å². The molecule has 1 N–H and O–H groups in total. The summed E-state index contributed by atoms with van der Waals surface area (Å²) >= 11 is 6.00. The second-order valence-electron chi connectivity index (χ2n) is 9.55. The van der Waals surface area contributed by atoms with Crippen LogP contribution in [-0.4, -0.2) is 44.9 Å². The zero-order valence-electron chi connectivity index (χ0n) is 21.2. The Morgan fingerprint density at radius 3 is 1.74 bits per heavy atom. The minimum Gasteiger partial charge on any atom is -0.396 e. The summed E-state index contributed by atoms with van der Waals surface area (Å²) in [6, 6.07) is 0. The molecule has 0 aliphatic heterocycles. The van der Waals surface area contributed by atoms with E-state index in [-0.39, 0.29) is 10.3 Å². The van der Waals surface area contributed by atoms with E-state index in [1.807, 2.05) is 11.5 Å². The van der Waals surface area contributed by atoms with E-state index >= 15 is 0 Å². The van der Waals surface area contributed by atoms with Gasteiger partial charge >= 0.3 is 0 Å². The van der Waals surface area contributed by atoms with Crippen molar-refractivity contribution in [3.63, 3.8) is 0 Å². The topological polar surface area (TPSA) is 98.0 Å². The molecule has 0 bridgehead atoms. The van der Waals surface area contributed by atoms with Crippen LogP contribution in [0.25, 0.3) is 11.2 Å². The predicted octanol–water partition coefficient (Wildman–Crippen LogP) is 6.42. The molecule has 7 nitrogen and oxygen atoms in total. The molecule has 2 aromatic rings. The molecule has 0 saturated carbocycles. The highest BCUT2D eigenvalue weighted by Gasteiger charge is 2.28. The van der Waals surface area contributed by atoms with Gasteiger partial charge in [0.25, 0.3) is 0 Å². The van der Waals surface area contributed by atoms with Gasteiger partial charge in [-0.2, -0.15) is 4.98 Å². The summed E-state index contributed by atoms with van der Waals surface area (Å²) in [5.74, 6) is 0.736. The lowest BCUT2D eigenvalue weighted by Gasteiger charge is -2.12. The van der Waals surface area contributed by atoms with Crippen LogP contribution in [0.2, 0.25) is 5.28 Å². The van der Waals surface area contributed by atoms with E-state index in [9.17, 15) is 8.42 Å². The molecular weight excluding hydrogens is 472 g/mol. The first-order chi connectivity index (χ1) is 16.3. The fourth-order valence-corrected chi connectivity index (χ4v) is 5.63. The van der Waals surface area contributed by atoms with Gasteiger partial charge in [0.15, 0.2) is 20.5 Å². The van der Waals surface area contributed by atoms with Gasteiger partial charge in [0.1, 0.15) is 11.3 Å². The Kier molecular flexibility index (Phi) is 12.8. The number of rotatable bonds is 18. The van der Waals surface area contributed by atoms with Crippen molar-refractivity contribution in [2.45, 2.75) is 127 Å².